The standard InChI is InChI=1S/C36H33N2OS2/c1-3-37-33(40-31-15-13-26-7-5-6-8-28(26)35(31)37)21-23-9-11-25-12-10-24(20-27(25)19-23)22-34-38(4-2)36-29-17-18-39-30(29)14-16-32(36)41-34/h5-8,13-22,25H,3-4,9-12H2,1-2H3/q+1. The Morgan fingerprint density at radius 2 is 1.85 bits per heavy atom. The van der Waals surface area contributed by atoms with Crippen LogP contribution in [0.4, 0.5) is 5.69 Å². The number of thioether (sulfide) groups is 1. The van der Waals surface area contributed by atoms with E-state index in [0.717, 1.165) is 31.5 Å². The predicted molar refractivity (Wildman–Crippen MR) is 174 cm³/mol. The molecule has 0 amide bonds. The van der Waals surface area contributed by atoms with E-state index < -0.39 is 0 Å². The van der Waals surface area contributed by atoms with Crippen LogP contribution < -0.4 is 9.47 Å². The molecule has 0 fully saturated rings. The first-order chi connectivity index (χ1) is 20.2. The third-order valence-electron chi connectivity index (χ3n) is 8.92. The van der Waals surface area contributed by atoms with Gasteiger partial charge >= 0.3 is 0 Å². The summed E-state index contributed by atoms with van der Waals surface area (Å²) in [5.41, 5.74) is 8.05. The molecule has 1 atom stereocenters. The molecule has 3 heterocycles. The first-order valence-corrected chi connectivity index (χ1v) is 16.5. The highest BCUT2D eigenvalue weighted by atomic mass is 32.2. The van der Waals surface area contributed by atoms with Gasteiger partial charge in [0.1, 0.15) is 16.8 Å². The molecule has 0 saturated heterocycles. The summed E-state index contributed by atoms with van der Waals surface area (Å²) >= 11 is 3.82. The van der Waals surface area contributed by atoms with Crippen LogP contribution in [0.25, 0.3) is 38.0 Å². The summed E-state index contributed by atoms with van der Waals surface area (Å²) in [5.74, 6) is 0.681. The van der Waals surface area contributed by atoms with E-state index in [2.05, 4.69) is 102 Å². The minimum Gasteiger partial charge on any atom is -0.464 e. The van der Waals surface area contributed by atoms with Gasteiger partial charge in [0.15, 0.2) is 0 Å². The summed E-state index contributed by atoms with van der Waals surface area (Å²) in [5, 5.41) is 6.56. The fourth-order valence-corrected chi connectivity index (χ4v) is 9.36. The van der Waals surface area contributed by atoms with Crippen molar-refractivity contribution in [2.75, 3.05) is 11.4 Å². The monoisotopic (exact) mass is 573 g/mol. The quantitative estimate of drug-likeness (QED) is 0.200. The summed E-state index contributed by atoms with van der Waals surface area (Å²) in [6.07, 6.45) is 16.5. The number of fused-ring (bicyclic) bond motifs is 7. The lowest BCUT2D eigenvalue weighted by Gasteiger charge is -2.28. The Bertz CT molecular complexity index is 1970. The molecule has 41 heavy (non-hydrogen) atoms. The van der Waals surface area contributed by atoms with Crippen molar-refractivity contribution in [3.05, 3.63) is 106 Å². The molecule has 204 valence electrons. The first kappa shape index (κ1) is 25.2. The number of allylic oxidation sites excluding steroid dienone is 6. The minimum atomic E-state index is 0.681. The summed E-state index contributed by atoms with van der Waals surface area (Å²) in [4.78, 5) is 3.88. The summed E-state index contributed by atoms with van der Waals surface area (Å²) in [7, 11) is 0. The van der Waals surface area contributed by atoms with Crippen LogP contribution in [0.5, 0.6) is 0 Å². The van der Waals surface area contributed by atoms with Crippen LogP contribution in [0.2, 0.25) is 0 Å². The van der Waals surface area contributed by atoms with E-state index in [-0.39, 0.29) is 0 Å². The molecule has 0 saturated carbocycles. The second-order valence-electron chi connectivity index (χ2n) is 11.2. The number of hydrogen-bond donors (Lipinski definition) is 0. The molecule has 0 bridgehead atoms. The van der Waals surface area contributed by atoms with E-state index in [0.29, 0.717) is 5.92 Å². The SMILES string of the molecule is CCN1/C(=C/C2=CC3=C/C(=C/c4sc5ccc6occc6c5[n+]4CC)CCC3CC2)Sc2ccc3ccccc3c21. The maximum Gasteiger partial charge on any atom is 0.263 e. The van der Waals surface area contributed by atoms with Gasteiger partial charge in [-0.2, -0.15) is 4.57 Å². The minimum absolute atomic E-state index is 0.681. The van der Waals surface area contributed by atoms with Crippen LogP contribution in [0.15, 0.2) is 110 Å². The lowest BCUT2D eigenvalue weighted by molar-refractivity contribution is -0.664. The molecule has 0 spiro atoms. The number of benzene rings is 3. The zero-order valence-electron chi connectivity index (χ0n) is 23.5. The third-order valence-corrected chi connectivity index (χ3v) is 11.1. The number of rotatable bonds is 4. The van der Waals surface area contributed by atoms with Gasteiger partial charge in [-0.05, 0) is 97.9 Å². The molecule has 0 N–H and O–H groups in total. The van der Waals surface area contributed by atoms with E-state index in [1.165, 1.54) is 76.6 Å². The van der Waals surface area contributed by atoms with E-state index in [4.69, 9.17) is 4.42 Å². The van der Waals surface area contributed by atoms with Gasteiger partial charge < -0.3 is 9.32 Å². The van der Waals surface area contributed by atoms with Crippen molar-refractivity contribution in [3.8, 4) is 0 Å². The average Bonchev–Trinajstić information content (AvgIpc) is 3.71. The Hall–Kier alpha value is -3.54. The van der Waals surface area contributed by atoms with Gasteiger partial charge in [0.2, 0.25) is 5.52 Å². The molecule has 3 aliphatic rings. The highest BCUT2D eigenvalue weighted by Gasteiger charge is 2.28. The van der Waals surface area contributed by atoms with Crippen molar-refractivity contribution < 1.29 is 8.98 Å². The van der Waals surface area contributed by atoms with Crippen molar-refractivity contribution in [2.45, 2.75) is 51.0 Å². The van der Waals surface area contributed by atoms with Gasteiger partial charge in [-0.15, -0.1) is 0 Å². The Morgan fingerprint density at radius 1 is 0.951 bits per heavy atom. The second-order valence-corrected chi connectivity index (χ2v) is 13.4. The van der Waals surface area contributed by atoms with Gasteiger partial charge in [-0.3, -0.25) is 0 Å². The van der Waals surface area contributed by atoms with Crippen molar-refractivity contribution in [3.63, 3.8) is 0 Å². The van der Waals surface area contributed by atoms with Crippen LogP contribution in [0.1, 0.15) is 44.5 Å². The summed E-state index contributed by atoms with van der Waals surface area (Å²) in [6, 6.07) is 19.8. The number of aryl methyl sites for hydroxylation is 1. The molecular formula is C36H33N2OS2+. The summed E-state index contributed by atoms with van der Waals surface area (Å²) < 4.78 is 9.48. The predicted octanol–water partition coefficient (Wildman–Crippen LogP) is 10.0. The zero-order valence-corrected chi connectivity index (χ0v) is 25.2. The maximum absolute atomic E-state index is 5.70. The van der Waals surface area contributed by atoms with Gasteiger partial charge in [0, 0.05) is 22.9 Å². The highest BCUT2D eigenvalue weighted by molar-refractivity contribution is 8.03. The van der Waals surface area contributed by atoms with E-state index in [9.17, 15) is 0 Å². The molecule has 0 radical (unpaired) electrons. The zero-order chi connectivity index (χ0) is 27.5. The smallest absolute Gasteiger partial charge is 0.263 e. The third kappa shape index (κ3) is 4.21. The lowest BCUT2D eigenvalue weighted by Crippen LogP contribution is -2.33. The molecule has 1 unspecified atom stereocenters. The number of furan rings is 1. The van der Waals surface area contributed by atoms with Crippen molar-refractivity contribution in [2.24, 2.45) is 5.92 Å². The molecular weight excluding hydrogens is 541 g/mol. The van der Waals surface area contributed by atoms with Crippen molar-refractivity contribution in [1.29, 1.82) is 0 Å². The van der Waals surface area contributed by atoms with Crippen LogP contribution >= 0.6 is 23.1 Å². The van der Waals surface area contributed by atoms with Crippen molar-refractivity contribution >= 4 is 66.8 Å². The normalized spacial score (nSPS) is 20.7. The van der Waals surface area contributed by atoms with Gasteiger partial charge in [0.05, 0.1) is 22.4 Å². The fraction of sp³-hybridized carbons (Fsp3) is 0.250. The topological polar surface area (TPSA) is 20.3 Å². The number of anilines is 1. The van der Waals surface area contributed by atoms with Crippen molar-refractivity contribution in [1.82, 2.24) is 0 Å². The average molecular weight is 574 g/mol. The highest BCUT2D eigenvalue weighted by Crippen LogP contribution is 2.50. The van der Waals surface area contributed by atoms with Crippen LogP contribution in [0.3, 0.4) is 0 Å². The molecule has 3 aromatic carbocycles. The molecule has 3 nitrogen and oxygen atoms in total. The first-order valence-electron chi connectivity index (χ1n) is 14.8. The number of aromatic nitrogens is 1. The molecule has 5 aromatic rings. The molecule has 1 aliphatic heterocycles. The van der Waals surface area contributed by atoms with E-state index in [1.807, 2.05) is 23.1 Å². The van der Waals surface area contributed by atoms with E-state index in [1.54, 1.807) is 6.26 Å². The Morgan fingerprint density at radius 3 is 2.76 bits per heavy atom. The Labute approximate surface area is 249 Å². The molecule has 2 aliphatic carbocycles. The maximum atomic E-state index is 5.70. The molecule has 2 aromatic heterocycles. The van der Waals surface area contributed by atoms with Gasteiger partial charge in [-0.25, -0.2) is 0 Å². The van der Waals surface area contributed by atoms with Gasteiger partial charge in [0.25, 0.3) is 5.01 Å². The summed E-state index contributed by atoms with van der Waals surface area (Å²) in [6.45, 7) is 6.44. The second kappa shape index (κ2) is 10.1. The van der Waals surface area contributed by atoms with E-state index >= 15 is 0 Å². The molecule has 5 heteroatoms. The van der Waals surface area contributed by atoms with Crippen LogP contribution in [-0.4, -0.2) is 6.54 Å². The molecule has 8 rings (SSSR count). The fourth-order valence-electron chi connectivity index (χ4n) is 6.92. The van der Waals surface area contributed by atoms with Crippen LogP contribution in [0, 0.1) is 5.92 Å². The van der Waals surface area contributed by atoms with Gasteiger partial charge in [-0.1, -0.05) is 65.6 Å². The number of nitrogens with zero attached hydrogens (tertiary/aromatic N) is 2. The largest absolute Gasteiger partial charge is 0.464 e. The number of thiazole rings is 1. The van der Waals surface area contributed by atoms with Crippen LogP contribution in [-0.2, 0) is 6.54 Å². The number of hydrogen-bond acceptors (Lipinski definition) is 4. The Kier molecular flexibility index (Phi) is 6.19. The lowest BCUT2D eigenvalue weighted by atomic mass is 9.77. The Balaban J connectivity index is 1.14.